The van der Waals surface area contributed by atoms with Crippen LogP contribution in [0.5, 0.6) is 0 Å². The minimum absolute atomic E-state index is 0.675. The second-order valence-electron chi connectivity index (χ2n) is 3.55. The Labute approximate surface area is 126 Å². The summed E-state index contributed by atoms with van der Waals surface area (Å²) >= 11 is 3.78. The fourth-order valence-corrected chi connectivity index (χ4v) is 1.62. The molecular formula is C9H6ClF9O2S. The number of thioether (sulfide) groups is 1. The lowest BCUT2D eigenvalue weighted by molar-refractivity contribution is -0.381. The van der Waals surface area contributed by atoms with Gasteiger partial charge in [-0.2, -0.15) is 39.5 Å². The molecule has 0 aromatic heterocycles. The molecule has 0 heterocycles. The Morgan fingerprint density at radius 2 is 1.45 bits per heavy atom. The van der Waals surface area contributed by atoms with E-state index in [2.05, 4.69) is 11.3 Å². The van der Waals surface area contributed by atoms with Crippen LogP contribution < -0.4 is 0 Å². The molecule has 0 aromatic carbocycles. The molecule has 13 heteroatoms. The first-order chi connectivity index (χ1) is 9.58. The maximum atomic E-state index is 13.0. The van der Waals surface area contributed by atoms with E-state index in [1.807, 2.05) is 0 Å². The molecule has 0 rings (SSSR count). The molecule has 0 N–H and O–H groups in total. The smallest absolute Gasteiger partial charge is 0.460 e. The topological polar surface area (TPSA) is 26.3 Å². The summed E-state index contributed by atoms with van der Waals surface area (Å²) in [4.78, 5) is 10.7. The maximum absolute atomic E-state index is 13.0. The number of hydrogen-bond acceptors (Lipinski definition) is 3. The maximum Gasteiger partial charge on any atom is 0.460 e. The molecule has 130 valence electrons. The second-order valence-corrected chi connectivity index (χ2v) is 5.22. The van der Waals surface area contributed by atoms with Crippen LogP contribution in [-0.2, 0) is 9.53 Å². The largest absolute Gasteiger partial charge is 0.461 e. The van der Waals surface area contributed by atoms with Gasteiger partial charge in [-0.1, -0.05) is 29.9 Å². The summed E-state index contributed by atoms with van der Waals surface area (Å²) in [5, 5.41) is -6.44. The third-order valence-corrected chi connectivity index (χ3v) is 3.08. The molecule has 0 spiro atoms. The first kappa shape index (κ1) is 21.2. The predicted octanol–water partition coefficient (Wildman–Crippen LogP) is 4.44. The minimum atomic E-state index is -6.95. The van der Waals surface area contributed by atoms with Crippen molar-refractivity contribution in [2.24, 2.45) is 0 Å². The normalized spacial score (nSPS) is 13.9. The molecule has 2 nitrogen and oxygen atoms in total. The van der Waals surface area contributed by atoms with Crippen LogP contribution in [-0.4, -0.2) is 41.6 Å². The van der Waals surface area contributed by atoms with Crippen molar-refractivity contribution >= 4 is 29.3 Å². The average Bonchev–Trinajstić information content (AvgIpc) is 2.32. The Kier molecular flexibility index (Phi) is 6.53. The van der Waals surface area contributed by atoms with Gasteiger partial charge >= 0.3 is 29.2 Å². The Hall–Kier alpha value is -0.780. The van der Waals surface area contributed by atoms with Gasteiger partial charge in [-0.25, -0.2) is 4.79 Å². The van der Waals surface area contributed by atoms with E-state index in [-0.39, 0.29) is 0 Å². The molecular weight excluding hydrogens is 379 g/mol. The van der Waals surface area contributed by atoms with Crippen LogP contribution in [0.1, 0.15) is 0 Å². The van der Waals surface area contributed by atoms with Gasteiger partial charge in [-0.15, -0.1) is 0 Å². The van der Waals surface area contributed by atoms with E-state index in [4.69, 9.17) is 11.6 Å². The minimum Gasteiger partial charge on any atom is -0.461 e. The molecule has 0 aliphatic carbocycles. The Bertz CT molecular complexity index is 435. The van der Waals surface area contributed by atoms with Crippen LogP contribution in [0, 0.1) is 0 Å². The lowest BCUT2D eigenvalue weighted by Gasteiger charge is -2.33. The van der Waals surface area contributed by atoms with Crippen LogP contribution in [0.4, 0.5) is 39.5 Å². The third kappa shape index (κ3) is 4.37. The van der Waals surface area contributed by atoms with Gasteiger partial charge in [-0.3, -0.25) is 0 Å². The lowest BCUT2D eigenvalue weighted by Crippen LogP contribution is -2.59. The molecule has 0 atom stereocenters. The predicted molar refractivity (Wildman–Crippen MR) is 59.3 cm³/mol. The van der Waals surface area contributed by atoms with Crippen molar-refractivity contribution in [3.8, 4) is 0 Å². The first-order valence-electron chi connectivity index (χ1n) is 4.93. The Balaban J connectivity index is 4.86. The number of hydrogen-bond donors (Lipinski definition) is 0. The van der Waals surface area contributed by atoms with E-state index in [1.165, 1.54) is 0 Å². The van der Waals surface area contributed by atoms with E-state index >= 15 is 0 Å². The zero-order valence-electron chi connectivity index (χ0n) is 10.1. The molecule has 0 bridgehead atoms. The first-order valence-corrected chi connectivity index (χ1v) is 6.30. The molecule has 0 fully saturated rings. The fraction of sp³-hybridized carbons (Fsp3) is 0.667. The Morgan fingerprint density at radius 1 is 1.00 bits per heavy atom. The summed E-state index contributed by atoms with van der Waals surface area (Å²) < 4.78 is 116. The van der Waals surface area contributed by atoms with Crippen molar-refractivity contribution in [3.05, 3.63) is 11.6 Å². The number of halogens is 10. The molecule has 0 unspecified atom stereocenters. The zero-order valence-corrected chi connectivity index (χ0v) is 11.7. The van der Waals surface area contributed by atoms with E-state index in [0.29, 0.717) is 0 Å². The zero-order chi connectivity index (χ0) is 18.0. The summed E-state index contributed by atoms with van der Waals surface area (Å²) in [7, 11) is 0. The number of alkyl halides is 9. The standard InChI is InChI=1S/C9H6ClF9O2S/c1-4(10)5(20)21-2-3-22-9(18,19)7(13,14)6(11,12)8(15,16)17/h1-3H2. The van der Waals surface area contributed by atoms with Crippen LogP contribution in [0.15, 0.2) is 11.6 Å². The van der Waals surface area contributed by atoms with Gasteiger partial charge in [0.25, 0.3) is 0 Å². The van der Waals surface area contributed by atoms with Crippen molar-refractivity contribution in [3.63, 3.8) is 0 Å². The van der Waals surface area contributed by atoms with Crippen LogP contribution >= 0.6 is 23.4 Å². The number of carbonyl (C=O) groups is 1. The van der Waals surface area contributed by atoms with Crippen molar-refractivity contribution in [1.82, 2.24) is 0 Å². The van der Waals surface area contributed by atoms with E-state index in [1.54, 1.807) is 0 Å². The lowest BCUT2D eigenvalue weighted by atomic mass is 10.1. The molecule has 22 heavy (non-hydrogen) atoms. The summed E-state index contributed by atoms with van der Waals surface area (Å²) in [5.41, 5.74) is 0. The van der Waals surface area contributed by atoms with Crippen LogP contribution in [0.3, 0.4) is 0 Å². The fourth-order valence-electron chi connectivity index (χ4n) is 0.834. The summed E-state index contributed by atoms with van der Waals surface area (Å²) in [6.07, 6.45) is -6.87. The molecule has 0 radical (unpaired) electrons. The second kappa shape index (κ2) is 6.77. The van der Waals surface area contributed by atoms with Gasteiger partial charge in [-0.05, 0) is 0 Å². The number of rotatable bonds is 7. The van der Waals surface area contributed by atoms with Crippen LogP contribution in [0.2, 0.25) is 0 Å². The monoisotopic (exact) mass is 384 g/mol. The molecule has 0 saturated carbocycles. The Morgan fingerprint density at radius 3 is 1.82 bits per heavy atom. The summed E-state index contributed by atoms with van der Waals surface area (Å²) in [5.74, 6) is -16.1. The highest BCUT2D eigenvalue weighted by molar-refractivity contribution is 8.00. The third-order valence-electron chi connectivity index (χ3n) is 1.94. The van der Waals surface area contributed by atoms with Crippen molar-refractivity contribution in [1.29, 1.82) is 0 Å². The molecule has 0 saturated heterocycles. The van der Waals surface area contributed by atoms with Gasteiger partial charge in [0.2, 0.25) is 0 Å². The molecule has 0 amide bonds. The van der Waals surface area contributed by atoms with E-state index < -0.39 is 58.4 Å². The highest BCUT2D eigenvalue weighted by Gasteiger charge is 2.81. The van der Waals surface area contributed by atoms with Crippen molar-refractivity contribution in [2.75, 3.05) is 12.4 Å². The quantitative estimate of drug-likeness (QED) is 0.281. The van der Waals surface area contributed by atoms with Crippen molar-refractivity contribution < 1.29 is 49.0 Å². The van der Waals surface area contributed by atoms with Gasteiger partial charge in [0.05, 0.1) is 0 Å². The van der Waals surface area contributed by atoms with E-state index in [0.717, 1.165) is 0 Å². The van der Waals surface area contributed by atoms with Gasteiger partial charge in [0.1, 0.15) is 11.6 Å². The van der Waals surface area contributed by atoms with E-state index in [9.17, 15) is 44.3 Å². The average molecular weight is 385 g/mol. The van der Waals surface area contributed by atoms with Crippen molar-refractivity contribution in [2.45, 2.75) is 23.3 Å². The highest BCUT2D eigenvalue weighted by atomic mass is 35.5. The number of esters is 1. The number of ether oxygens (including phenoxy) is 1. The summed E-state index contributed by atoms with van der Waals surface area (Å²) in [6, 6.07) is 0. The molecule has 0 aliphatic rings. The number of carbonyl (C=O) groups excluding carboxylic acids is 1. The molecule has 0 aromatic rings. The van der Waals surface area contributed by atoms with Gasteiger partial charge < -0.3 is 4.74 Å². The van der Waals surface area contributed by atoms with Gasteiger partial charge in [0.15, 0.2) is 0 Å². The van der Waals surface area contributed by atoms with Gasteiger partial charge in [0, 0.05) is 5.75 Å². The highest BCUT2D eigenvalue weighted by Crippen LogP contribution is 2.56. The summed E-state index contributed by atoms with van der Waals surface area (Å²) in [6.45, 7) is 1.89. The SMILES string of the molecule is C=C(Cl)C(=O)OCCSC(F)(F)C(F)(F)C(F)(F)C(F)(F)F. The van der Waals surface area contributed by atoms with Crippen LogP contribution in [0.25, 0.3) is 0 Å². The molecule has 0 aliphatic heterocycles.